The number of rotatable bonds is 4. The lowest BCUT2D eigenvalue weighted by Crippen LogP contribution is -2.16. The molecule has 2 N–H and O–H groups in total. The second-order valence-corrected chi connectivity index (χ2v) is 5.17. The molecule has 0 aliphatic rings. The predicted octanol–water partition coefficient (Wildman–Crippen LogP) is 2.20. The molecule has 0 amide bonds. The SMILES string of the molecule is O=C(O)c1cscc1C(=O)OC(=O)c1cscc1C(=O)O. The highest BCUT2D eigenvalue weighted by molar-refractivity contribution is 7.08. The summed E-state index contributed by atoms with van der Waals surface area (Å²) in [6.07, 6.45) is 0. The summed E-state index contributed by atoms with van der Waals surface area (Å²) in [6, 6.07) is 0. The van der Waals surface area contributed by atoms with E-state index in [-0.39, 0.29) is 22.3 Å². The third-order valence-electron chi connectivity index (χ3n) is 2.41. The number of ether oxygens (including phenoxy) is 1. The molecule has 0 fully saturated rings. The second-order valence-electron chi connectivity index (χ2n) is 3.69. The summed E-state index contributed by atoms with van der Waals surface area (Å²) in [5.74, 6) is -4.92. The topological polar surface area (TPSA) is 118 Å². The number of esters is 2. The van der Waals surface area contributed by atoms with E-state index in [4.69, 9.17) is 10.2 Å². The molecule has 0 atom stereocenters. The Morgan fingerprint density at radius 1 is 0.714 bits per heavy atom. The van der Waals surface area contributed by atoms with Gasteiger partial charge in [0.25, 0.3) is 0 Å². The Morgan fingerprint density at radius 3 is 1.38 bits per heavy atom. The largest absolute Gasteiger partial charge is 0.478 e. The first-order valence-electron chi connectivity index (χ1n) is 5.27. The summed E-state index contributed by atoms with van der Waals surface area (Å²) in [6.45, 7) is 0. The van der Waals surface area contributed by atoms with Crippen LogP contribution in [0.1, 0.15) is 41.4 Å². The smallest absolute Gasteiger partial charge is 0.347 e. The number of hydrogen-bond acceptors (Lipinski definition) is 7. The third-order valence-corrected chi connectivity index (χ3v) is 3.90. The fourth-order valence-electron chi connectivity index (χ4n) is 1.44. The molecule has 7 nitrogen and oxygen atoms in total. The first-order chi connectivity index (χ1) is 9.91. The van der Waals surface area contributed by atoms with Gasteiger partial charge in [-0.05, 0) is 0 Å². The number of carboxylic acid groups (broad SMARTS) is 2. The van der Waals surface area contributed by atoms with Crippen molar-refractivity contribution in [2.24, 2.45) is 0 Å². The van der Waals surface area contributed by atoms with Crippen molar-refractivity contribution in [3.05, 3.63) is 43.8 Å². The fourth-order valence-corrected chi connectivity index (χ4v) is 3.02. The van der Waals surface area contributed by atoms with Crippen LogP contribution in [0.2, 0.25) is 0 Å². The highest BCUT2D eigenvalue weighted by Crippen LogP contribution is 2.20. The molecule has 0 aromatic carbocycles. The van der Waals surface area contributed by atoms with Crippen molar-refractivity contribution in [2.75, 3.05) is 0 Å². The second kappa shape index (κ2) is 5.85. The van der Waals surface area contributed by atoms with Gasteiger partial charge in [0, 0.05) is 21.5 Å². The zero-order chi connectivity index (χ0) is 15.6. The Kier molecular flexibility index (Phi) is 4.15. The Bertz CT molecular complexity index is 678. The number of aromatic carboxylic acids is 2. The molecule has 0 aliphatic heterocycles. The van der Waals surface area contributed by atoms with Gasteiger partial charge in [-0.15, -0.1) is 0 Å². The summed E-state index contributed by atoms with van der Waals surface area (Å²) in [4.78, 5) is 45.3. The number of hydrogen-bond donors (Lipinski definition) is 2. The molecule has 0 saturated carbocycles. The molecule has 21 heavy (non-hydrogen) atoms. The summed E-state index contributed by atoms with van der Waals surface area (Å²) >= 11 is 1.94. The monoisotopic (exact) mass is 326 g/mol. The predicted molar refractivity (Wildman–Crippen MR) is 72.3 cm³/mol. The van der Waals surface area contributed by atoms with Crippen molar-refractivity contribution in [3.8, 4) is 0 Å². The van der Waals surface area contributed by atoms with Gasteiger partial charge in [0.15, 0.2) is 0 Å². The zero-order valence-electron chi connectivity index (χ0n) is 10.1. The average molecular weight is 326 g/mol. The van der Waals surface area contributed by atoms with Crippen LogP contribution in [0.5, 0.6) is 0 Å². The van der Waals surface area contributed by atoms with Crippen LogP contribution in [0.15, 0.2) is 21.5 Å². The van der Waals surface area contributed by atoms with E-state index < -0.39 is 23.9 Å². The van der Waals surface area contributed by atoms with Gasteiger partial charge in [-0.2, -0.15) is 22.7 Å². The fraction of sp³-hybridized carbons (Fsp3) is 0. The van der Waals surface area contributed by atoms with Crippen LogP contribution in [0.3, 0.4) is 0 Å². The molecule has 0 bridgehead atoms. The molecule has 2 rings (SSSR count). The molecule has 9 heteroatoms. The normalized spacial score (nSPS) is 10.1. The molecule has 0 unspecified atom stereocenters. The maximum atomic E-state index is 11.8. The van der Waals surface area contributed by atoms with Crippen molar-refractivity contribution >= 4 is 46.6 Å². The van der Waals surface area contributed by atoms with Crippen LogP contribution < -0.4 is 0 Å². The third kappa shape index (κ3) is 2.98. The highest BCUT2D eigenvalue weighted by Gasteiger charge is 2.25. The molecule has 108 valence electrons. The van der Waals surface area contributed by atoms with Crippen LogP contribution in [-0.2, 0) is 4.74 Å². The Balaban J connectivity index is 2.21. The van der Waals surface area contributed by atoms with Gasteiger partial charge in [0.1, 0.15) is 0 Å². The lowest BCUT2D eigenvalue weighted by Gasteiger charge is -2.02. The minimum atomic E-state index is -1.32. The van der Waals surface area contributed by atoms with Gasteiger partial charge in [-0.25, -0.2) is 19.2 Å². The molecular weight excluding hydrogens is 320 g/mol. The van der Waals surface area contributed by atoms with Gasteiger partial charge >= 0.3 is 23.9 Å². The quantitative estimate of drug-likeness (QED) is 0.653. The van der Waals surface area contributed by atoms with Gasteiger partial charge in [-0.3, -0.25) is 0 Å². The van der Waals surface area contributed by atoms with Crippen LogP contribution in [0.4, 0.5) is 0 Å². The maximum Gasteiger partial charge on any atom is 0.347 e. The van der Waals surface area contributed by atoms with Crippen LogP contribution in [-0.4, -0.2) is 34.1 Å². The van der Waals surface area contributed by atoms with Gasteiger partial charge in [0.2, 0.25) is 0 Å². The van der Waals surface area contributed by atoms with Gasteiger partial charge in [-0.1, -0.05) is 0 Å². The summed E-state index contributed by atoms with van der Waals surface area (Å²) in [5, 5.41) is 22.7. The first-order valence-corrected chi connectivity index (χ1v) is 7.16. The number of carboxylic acids is 2. The van der Waals surface area contributed by atoms with E-state index in [1.54, 1.807) is 0 Å². The molecule has 2 aromatic heterocycles. The standard InChI is InChI=1S/C12H6O7S2/c13-9(14)5-1-20-3-7(5)11(17)19-12(18)8-4-21-2-6(8)10(15)16/h1-4H,(H,13,14)(H,15,16). The Hall–Kier alpha value is -2.52. The van der Waals surface area contributed by atoms with Crippen LogP contribution in [0, 0.1) is 0 Å². The number of carbonyl (C=O) groups excluding carboxylic acids is 2. The van der Waals surface area contributed by atoms with E-state index in [0.717, 1.165) is 22.7 Å². The van der Waals surface area contributed by atoms with Gasteiger partial charge in [0.05, 0.1) is 22.3 Å². The minimum Gasteiger partial charge on any atom is -0.478 e. The van der Waals surface area contributed by atoms with Crippen molar-refractivity contribution in [2.45, 2.75) is 0 Å². The van der Waals surface area contributed by atoms with E-state index in [1.165, 1.54) is 21.5 Å². The van der Waals surface area contributed by atoms with Crippen molar-refractivity contribution < 1.29 is 34.1 Å². The lowest BCUT2D eigenvalue weighted by atomic mass is 10.2. The van der Waals surface area contributed by atoms with E-state index in [0.29, 0.717) is 0 Å². The zero-order valence-corrected chi connectivity index (χ0v) is 11.7. The van der Waals surface area contributed by atoms with Crippen molar-refractivity contribution in [1.82, 2.24) is 0 Å². The van der Waals surface area contributed by atoms with Crippen LogP contribution >= 0.6 is 22.7 Å². The molecule has 2 aromatic rings. The maximum absolute atomic E-state index is 11.8. The Labute approximate surface area is 125 Å². The summed E-state index contributed by atoms with van der Waals surface area (Å²) in [7, 11) is 0. The molecule has 2 heterocycles. The summed E-state index contributed by atoms with van der Waals surface area (Å²) in [5.41, 5.74) is -1.07. The number of carbonyl (C=O) groups is 4. The molecule has 0 aliphatic carbocycles. The van der Waals surface area contributed by atoms with Crippen molar-refractivity contribution in [1.29, 1.82) is 0 Å². The van der Waals surface area contributed by atoms with Gasteiger partial charge < -0.3 is 14.9 Å². The molecule has 0 radical (unpaired) electrons. The van der Waals surface area contributed by atoms with Crippen LogP contribution in [0.25, 0.3) is 0 Å². The molecule has 0 saturated heterocycles. The van der Waals surface area contributed by atoms with E-state index in [9.17, 15) is 19.2 Å². The van der Waals surface area contributed by atoms with E-state index in [1.807, 2.05) is 0 Å². The lowest BCUT2D eigenvalue weighted by molar-refractivity contribution is 0.0388. The average Bonchev–Trinajstić information content (AvgIpc) is 3.07. The Morgan fingerprint density at radius 2 is 1.05 bits per heavy atom. The van der Waals surface area contributed by atoms with E-state index >= 15 is 0 Å². The number of thiophene rings is 2. The molecular formula is C12H6O7S2. The minimum absolute atomic E-state index is 0.257. The highest BCUT2D eigenvalue weighted by atomic mass is 32.1. The first kappa shape index (κ1) is 14.9. The summed E-state index contributed by atoms with van der Waals surface area (Å²) < 4.78 is 4.53. The van der Waals surface area contributed by atoms with Crippen molar-refractivity contribution in [3.63, 3.8) is 0 Å². The molecule has 0 spiro atoms. The van der Waals surface area contributed by atoms with E-state index in [2.05, 4.69) is 4.74 Å².